The first-order valence-corrected chi connectivity index (χ1v) is 8.79. The largest absolute Gasteiger partial charge is 0.469 e. The molecule has 1 aromatic carbocycles. The lowest BCUT2D eigenvalue weighted by Gasteiger charge is -2.23. The van der Waals surface area contributed by atoms with Crippen molar-refractivity contribution in [3.05, 3.63) is 35.9 Å². The second kappa shape index (κ2) is 13.2. The molecule has 0 spiro atoms. The normalized spacial score (nSPS) is 10.3. The Morgan fingerprint density at radius 1 is 1.04 bits per heavy atom. The number of nitrogens with one attached hydrogen (secondary N) is 1. The van der Waals surface area contributed by atoms with E-state index in [1.807, 2.05) is 35.2 Å². The van der Waals surface area contributed by atoms with Crippen LogP contribution in [0.3, 0.4) is 0 Å². The predicted molar refractivity (Wildman–Crippen MR) is 97.2 cm³/mol. The Kier molecular flexibility index (Phi) is 11.1. The van der Waals surface area contributed by atoms with Crippen LogP contribution in [0, 0.1) is 0 Å². The average Bonchev–Trinajstić information content (AvgIpc) is 2.64. The van der Waals surface area contributed by atoms with Gasteiger partial charge in [0.05, 0.1) is 7.11 Å². The van der Waals surface area contributed by atoms with Gasteiger partial charge in [0.25, 0.3) is 0 Å². The van der Waals surface area contributed by atoms with Crippen LogP contribution in [0.5, 0.6) is 0 Å². The van der Waals surface area contributed by atoms with Gasteiger partial charge in [-0.05, 0) is 31.2 Å². The third-order valence-corrected chi connectivity index (χ3v) is 3.84. The molecule has 140 valence electrons. The van der Waals surface area contributed by atoms with Crippen molar-refractivity contribution in [1.29, 1.82) is 0 Å². The molecule has 6 heteroatoms. The molecule has 1 aromatic rings. The van der Waals surface area contributed by atoms with Gasteiger partial charge in [0.2, 0.25) is 0 Å². The number of amides is 2. The highest BCUT2D eigenvalue weighted by Crippen LogP contribution is 2.07. The number of methoxy groups -OCH3 is 2. The van der Waals surface area contributed by atoms with Gasteiger partial charge in [-0.15, -0.1) is 0 Å². The number of urea groups is 1. The van der Waals surface area contributed by atoms with Gasteiger partial charge in [0.1, 0.15) is 0 Å². The zero-order valence-corrected chi connectivity index (χ0v) is 15.3. The minimum Gasteiger partial charge on any atom is -0.469 e. The maximum atomic E-state index is 12.5. The first kappa shape index (κ1) is 21.0. The summed E-state index contributed by atoms with van der Waals surface area (Å²) < 4.78 is 9.67. The highest BCUT2D eigenvalue weighted by Gasteiger charge is 2.13. The minimum atomic E-state index is -0.213. The van der Waals surface area contributed by atoms with Crippen molar-refractivity contribution in [1.82, 2.24) is 10.2 Å². The van der Waals surface area contributed by atoms with Gasteiger partial charge >= 0.3 is 12.0 Å². The van der Waals surface area contributed by atoms with Crippen molar-refractivity contribution in [3.8, 4) is 0 Å². The summed E-state index contributed by atoms with van der Waals surface area (Å²) >= 11 is 0. The summed E-state index contributed by atoms with van der Waals surface area (Å²) in [6.07, 6.45) is 3.67. The van der Waals surface area contributed by atoms with Gasteiger partial charge in [-0.25, -0.2) is 4.79 Å². The lowest BCUT2D eigenvalue weighted by Crippen LogP contribution is -2.40. The highest BCUT2D eigenvalue weighted by molar-refractivity contribution is 5.74. The molecular weight excluding hydrogens is 320 g/mol. The summed E-state index contributed by atoms with van der Waals surface area (Å²) in [5, 5.41) is 2.94. The molecule has 0 saturated carbocycles. The first-order valence-electron chi connectivity index (χ1n) is 8.79. The predicted octanol–water partition coefficient (Wildman–Crippen LogP) is 2.97. The molecular formula is C19H30N2O4. The van der Waals surface area contributed by atoms with Crippen molar-refractivity contribution in [3.63, 3.8) is 0 Å². The van der Waals surface area contributed by atoms with E-state index in [-0.39, 0.29) is 12.0 Å². The molecule has 0 unspecified atom stereocenters. The van der Waals surface area contributed by atoms with Crippen LogP contribution in [0.25, 0.3) is 0 Å². The Morgan fingerprint density at radius 2 is 1.80 bits per heavy atom. The molecule has 0 heterocycles. The standard InChI is InChI=1S/C19H30N2O4/c1-24-15-9-8-14-21(16-17-10-4-3-5-11-17)19(23)20-13-7-6-12-18(22)25-2/h3-5,10-11H,6-9,12-16H2,1-2H3,(H,20,23). The summed E-state index contributed by atoms with van der Waals surface area (Å²) in [5.41, 5.74) is 1.11. The van der Waals surface area contributed by atoms with Crippen LogP contribution in [0.15, 0.2) is 30.3 Å². The molecule has 0 aromatic heterocycles. The third kappa shape index (κ3) is 9.72. The second-order valence-electron chi connectivity index (χ2n) is 5.87. The Morgan fingerprint density at radius 3 is 2.48 bits per heavy atom. The topological polar surface area (TPSA) is 67.9 Å². The quantitative estimate of drug-likeness (QED) is 0.465. The molecule has 6 nitrogen and oxygen atoms in total. The van der Waals surface area contributed by atoms with Crippen LogP contribution in [-0.2, 0) is 20.8 Å². The molecule has 0 fully saturated rings. The molecule has 2 amide bonds. The van der Waals surface area contributed by atoms with Crippen LogP contribution in [0.1, 0.15) is 37.7 Å². The number of hydrogen-bond acceptors (Lipinski definition) is 4. The number of unbranched alkanes of at least 4 members (excludes halogenated alkanes) is 2. The minimum absolute atomic E-state index is 0.0701. The smallest absolute Gasteiger partial charge is 0.317 e. The molecule has 0 aliphatic carbocycles. The van der Waals surface area contributed by atoms with Crippen LogP contribution < -0.4 is 5.32 Å². The van der Waals surface area contributed by atoms with E-state index in [4.69, 9.17) is 4.74 Å². The van der Waals surface area contributed by atoms with Gasteiger partial charge in [-0.3, -0.25) is 4.79 Å². The van der Waals surface area contributed by atoms with Crippen molar-refractivity contribution in [2.75, 3.05) is 33.9 Å². The number of esters is 1. The van der Waals surface area contributed by atoms with Gasteiger partial charge in [0, 0.05) is 39.8 Å². The number of hydrogen-bond donors (Lipinski definition) is 1. The molecule has 25 heavy (non-hydrogen) atoms. The third-order valence-electron chi connectivity index (χ3n) is 3.84. The van der Waals surface area contributed by atoms with Gasteiger partial charge < -0.3 is 19.7 Å². The maximum absolute atomic E-state index is 12.5. The highest BCUT2D eigenvalue weighted by atomic mass is 16.5. The van der Waals surface area contributed by atoms with Gasteiger partial charge in [-0.1, -0.05) is 30.3 Å². The van der Waals surface area contributed by atoms with Crippen LogP contribution >= 0.6 is 0 Å². The summed E-state index contributed by atoms with van der Waals surface area (Å²) in [4.78, 5) is 25.3. The molecule has 0 atom stereocenters. The fourth-order valence-corrected chi connectivity index (χ4v) is 2.41. The number of carbonyl (C=O) groups is 2. The Labute approximate surface area is 150 Å². The van der Waals surface area contributed by atoms with Crippen molar-refractivity contribution in [2.24, 2.45) is 0 Å². The summed E-state index contributed by atoms with van der Waals surface area (Å²) in [6.45, 7) is 2.53. The van der Waals surface area contributed by atoms with E-state index in [1.165, 1.54) is 7.11 Å². The van der Waals surface area contributed by atoms with Crippen LogP contribution in [-0.4, -0.2) is 50.8 Å². The van der Waals surface area contributed by atoms with E-state index in [0.717, 1.165) is 24.8 Å². The van der Waals surface area contributed by atoms with Crippen molar-refractivity contribution < 1.29 is 19.1 Å². The van der Waals surface area contributed by atoms with Crippen LogP contribution in [0.4, 0.5) is 4.79 Å². The Balaban J connectivity index is 2.41. The maximum Gasteiger partial charge on any atom is 0.317 e. The van der Waals surface area contributed by atoms with E-state index >= 15 is 0 Å². The zero-order valence-electron chi connectivity index (χ0n) is 15.3. The Hall–Kier alpha value is -2.08. The number of nitrogens with zero attached hydrogens (tertiary/aromatic N) is 1. The second-order valence-corrected chi connectivity index (χ2v) is 5.87. The number of benzene rings is 1. The van der Waals surface area contributed by atoms with E-state index in [9.17, 15) is 9.59 Å². The fraction of sp³-hybridized carbons (Fsp3) is 0.579. The number of rotatable bonds is 12. The lowest BCUT2D eigenvalue weighted by molar-refractivity contribution is -0.140. The molecule has 1 N–H and O–H groups in total. The number of ether oxygens (including phenoxy) is 2. The lowest BCUT2D eigenvalue weighted by atomic mass is 10.2. The monoisotopic (exact) mass is 350 g/mol. The van der Waals surface area contributed by atoms with Gasteiger partial charge in [-0.2, -0.15) is 0 Å². The zero-order chi connectivity index (χ0) is 18.3. The molecule has 0 bridgehead atoms. The summed E-state index contributed by atoms with van der Waals surface area (Å²) in [6, 6.07) is 9.89. The van der Waals surface area contributed by atoms with Crippen molar-refractivity contribution >= 4 is 12.0 Å². The van der Waals surface area contributed by atoms with Crippen molar-refractivity contribution in [2.45, 2.75) is 38.6 Å². The van der Waals surface area contributed by atoms with Crippen LogP contribution in [0.2, 0.25) is 0 Å². The van der Waals surface area contributed by atoms with E-state index in [2.05, 4.69) is 10.1 Å². The van der Waals surface area contributed by atoms with E-state index in [1.54, 1.807) is 7.11 Å². The summed E-state index contributed by atoms with van der Waals surface area (Å²) in [7, 11) is 3.07. The fourth-order valence-electron chi connectivity index (χ4n) is 2.41. The van der Waals surface area contributed by atoms with E-state index in [0.29, 0.717) is 39.1 Å². The SMILES string of the molecule is COCCCCN(Cc1ccccc1)C(=O)NCCCCC(=O)OC. The first-order chi connectivity index (χ1) is 12.2. The Bertz CT molecular complexity index is 493. The number of carbonyl (C=O) groups excluding carboxylic acids is 2. The molecule has 1 rings (SSSR count). The van der Waals surface area contributed by atoms with E-state index < -0.39 is 0 Å². The molecule has 0 saturated heterocycles. The molecule has 0 radical (unpaired) electrons. The molecule has 0 aliphatic heterocycles. The average molecular weight is 350 g/mol. The summed E-state index contributed by atoms with van der Waals surface area (Å²) in [5.74, 6) is -0.213. The molecule has 0 aliphatic rings. The van der Waals surface area contributed by atoms with Gasteiger partial charge in [0.15, 0.2) is 0 Å².